The molecular formula is C17H29N3OS2. The van der Waals surface area contributed by atoms with Crippen LogP contribution in [-0.4, -0.2) is 67.8 Å². The molecule has 2 aliphatic rings. The molecule has 2 fully saturated rings. The maximum absolute atomic E-state index is 11.7. The quantitative estimate of drug-likeness (QED) is 0.814. The van der Waals surface area contributed by atoms with Gasteiger partial charge in [0.2, 0.25) is 0 Å². The van der Waals surface area contributed by atoms with Crippen molar-refractivity contribution in [2.24, 2.45) is 0 Å². The number of rotatable bonds is 4. The molecule has 0 bridgehead atoms. The largest absolute Gasteiger partial charge is 0.363 e. The van der Waals surface area contributed by atoms with Crippen molar-refractivity contribution in [1.82, 2.24) is 10.2 Å². The van der Waals surface area contributed by atoms with Crippen LogP contribution in [0.1, 0.15) is 28.9 Å². The van der Waals surface area contributed by atoms with E-state index >= 15 is 0 Å². The molecule has 130 valence electrons. The van der Waals surface area contributed by atoms with Gasteiger partial charge in [0.25, 0.3) is 5.91 Å². The van der Waals surface area contributed by atoms with Gasteiger partial charge in [-0.25, -0.2) is 0 Å². The molecule has 0 radical (unpaired) electrons. The second-order valence-electron chi connectivity index (χ2n) is 6.84. The highest BCUT2D eigenvalue weighted by molar-refractivity contribution is 8.16. The summed E-state index contributed by atoms with van der Waals surface area (Å²) in [7, 11) is 1.90. The van der Waals surface area contributed by atoms with Gasteiger partial charge in [0.1, 0.15) is 0 Å². The zero-order valence-corrected chi connectivity index (χ0v) is 16.1. The number of likely N-dealkylation sites (tertiary alicyclic amines) is 1. The third-order valence-electron chi connectivity index (χ3n) is 5.26. The highest BCUT2D eigenvalue weighted by Gasteiger charge is 2.31. The molecule has 1 atom stereocenters. The van der Waals surface area contributed by atoms with Crippen LogP contribution >= 0.6 is 22.2 Å². The third kappa shape index (κ3) is 3.86. The van der Waals surface area contributed by atoms with Gasteiger partial charge in [-0.3, -0.25) is 20.6 Å². The fraction of sp³-hybridized carbons (Fsp3) is 0.706. The average Bonchev–Trinajstić information content (AvgIpc) is 3.24. The Balaban J connectivity index is 1.52. The lowest BCUT2D eigenvalue weighted by Gasteiger charge is -2.37. The van der Waals surface area contributed by atoms with Crippen molar-refractivity contribution in [3.63, 3.8) is 0 Å². The Morgan fingerprint density at radius 2 is 1.96 bits per heavy atom. The first-order valence-electron chi connectivity index (χ1n) is 8.56. The fourth-order valence-electron chi connectivity index (χ4n) is 3.72. The predicted molar refractivity (Wildman–Crippen MR) is 104 cm³/mol. The van der Waals surface area contributed by atoms with Crippen LogP contribution in [0.5, 0.6) is 0 Å². The topological polar surface area (TPSA) is 35.6 Å². The van der Waals surface area contributed by atoms with E-state index in [2.05, 4.69) is 33.7 Å². The van der Waals surface area contributed by atoms with Gasteiger partial charge in [-0.15, -0.1) is 11.3 Å². The lowest BCUT2D eigenvalue weighted by molar-refractivity contribution is 0.0967. The lowest BCUT2D eigenvalue weighted by atomic mass is 10.0. The van der Waals surface area contributed by atoms with Gasteiger partial charge >= 0.3 is 0 Å². The van der Waals surface area contributed by atoms with Crippen molar-refractivity contribution in [1.29, 1.82) is 0 Å². The van der Waals surface area contributed by atoms with E-state index in [0.717, 1.165) is 29.3 Å². The Morgan fingerprint density at radius 1 is 1.22 bits per heavy atom. The highest BCUT2D eigenvalue weighted by atomic mass is 32.2. The summed E-state index contributed by atoms with van der Waals surface area (Å²) in [5, 5.41) is 4.90. The van der Waals surface area contributed by atoms with E-state index in [1.54, 1.807) is 18.4 Å². The summed E-state index contributed by atoms with van der Waals surface area (Å²) in [5.74, 6) is 0.0230. The minimum Gasteiger partial charge on any atom is -0.363 e. The minimum atomic E-state index is 0.0230. The summed E-state index contributed by atoms with van der Waals surface area (Å²) in [6.07, 6.45) is 8.76. The fourth-order valence-corrected chi connectivity index (χ4v) is 5.89. The molecule has 1 N–H and O–H groups in total. The van der Waals surface area contributed by atoms with Crippen LogP contribution in [-0.2, 0) is 0 Å². The summed E-state index contributed by atoms with van der Waals surface area (Å²) in [6.45, 7) is 4.86. The molecular weight excluding hydrogens is 326 g/mol. The Labute approximate surface area is 146 Å². The summed E-state index contributed by atoms with van der Waals surface area (Å²) in [4.78, 5) is 17.7. The number of hydrogen-bond acceptors (Lipinski definition) is 4. The number of amides is 1. The molecule has 0 saturated carbocycles. The maximum Gasteiger partial charge on any atom is 0.261 e. The second-order valence-corrected chi connectivity index (χ2v) is 10.6. The van der Waals surface area contributed by atoms with Gasteiger partial charge in [0.15, 0.2) is 0 Å². The molecule has 1 unspecified atom stereocenters. The van der Waals surface area contributed by atoms with Crippen LogP contribution in [0.15, 0.2) is 12.1 Å². The Kier molecular flexibility index (Phi) is 5.54. The Bertz CT molecular complexity index is 538. The summed E-state index contributed by atoms with van der Waals surface area (Å²) >= 11 is 1.61. The molecule has 1 amide bonds. The van der Waals surface area contributed by atoms with E-state index in [-0.39, 0.29) is 16.8 Å². The molecule has 23 heavy (non-hydrogen) atoms. The van der Waals surface area contributed by atoms with Crippen LogP contribution in [0, 0.1) is 0 Å². The zero-order chi connectivity index (χ0) is 16.4. The summed E-state index contributed by atoms with van der Waals surface area (Å²) in [6, 6.07) is 4.81. The van der Waals surface area contributed by atoms with E-state index in [4.69, 9.17) is 0 Å². The predicted octanol–water partition coefficient (Wildman–Crippen LogP) is 2.41. The second kappa shape index (κ2) is 7.45. The average molecular weight is 356 g/mol. The minimum absolute atomic E-state index is 0.0230. The molecule has 1 aromatic heterocycles. The van der Waals surface area contributed by atoms with Gasteiger partial charge in [0.05, 0.1) is 9.88 Å². The van der Waals surface area contributed by atoms with E-state index in [0.29, 0.717) is 0 Å². The number of hydrogen-bond donors (Lipinski definition) is 2. The Hall–Kier alpha value is -0.720. The molecule has 0 aromatic carbocycles. The maximum atomic E-state index is 11.7. The standard InChI is InChI=1S/C17H29N3OS2/c1-18-17(21)15-4-5-16(22-15)19-9-6-13(7-10-19)20-11-8-14(12-20)23(2)3/h4-5,13-14,23H,6-12H2,1-3H3,(H,18,21). The smallest absolute Gasteiger partial charge is 0.261 e. The molecule has 4 nitrogen and oxygen atoms in total. The van der Waals surface area contributed by atoms with Crippen LogP contribution in [0.25, 0.3) is 0 Å². The molecule has 2 aliphatic heterocycles. The van der Waals surface area contributed by atoms with Crippen molar-refractivity contribution in [2.75, 3.05) is 50.6 Å². The SMILES string of the molecule is CNC(=O)c1ccc(N2CCC(N3CCC([SH](C)C)C3)CC2)s1. The normalized spacial score (nSPS) is 24.0. The van der Waals surface area contributed by atoms with Gasteiger partial charge in [0, 0.05) is 32.7 Å². The van der Waals surface area contributed by atoms with Gasteiger partial charge in [-0.2, -0.15) is 0 Å². The number of piperidine rings is 1. The van der Waals surface area contributed by atoms with Gasteiger partial charge in [-0.1, -0.05) is 0 Å². The van der Waals surface area contributed by atoms with Crippen molar-refractivity contribution in [3.8, 4) is 0 Å². The number of anilines is 1. The summed E-state index contributed by atoms with van der Waals surface area (Å²) < 4.78 is 0. The number of thiol groups is 1. The monoisotopic (exact) mass is 355 g/mol. The number of nitrogens with one attached hydrogen (secondary N) is 1. The molecule has 6 heteroatoms. The van der Waals surface area contributed by atoms with Gasteiger partial charge < -0.3 is 10.2 Å². The van der Waals surface area contributed by atoms with Crippen molar-refractivity contribution in [3.05, 3.63) is 17.0 Å². The Morgan fingerprint density at radius 3 is 2.57 bits per heavy atom. The molecule has 3 rings (SSSR count). The number of carbonyl (C=O) groups is 1. The van der Waals surface area contributed by atoms with Crippen molar-refractivity contribution in [2.45, 2.75) is 30.6 Å². The first-order valence-corrected chi connectivity index (χ1v) is 11.7. The number of carbonyl (C=O) groups excluding carboxylic acids is 1. The lowest BCUT2D eigenvalue weighted by Crippen LogP contribution is -2.44. The molecule has 1 aromatic rings. The van der Waals surface area contributed by atoms with Crippen LogP contribution < -0.4 is 10.2 Å². The van der Waals surface area contributed by atoms with Crippen LogP contribution in [0.4, 0.5) is 5.00 Å². The van der Waals surface area contributed by atoms with E-state index < -0.39 is 0 Å². The highest BCUT2D eigenvalue weighted by Crippen LogP contribution is 2.34. The third-order valence-corrected chi connectivity index (χ3v) is 8.29. The first-order chi connectivity index (χ1) is 11.1. The number of thiophene rings is 1. The van der Waals surface area contributed by atoms with E-state index in [1.807, 2.05) is 6.07 Å². The van der Waals surface area contributed by atoms with Crippen molar-refractivity contribution < 1.29 is 4.79 Å². The van der Waals surface area contributed by atoms with Crippen LogP contribution in [0.2, 0.25) is 0 Å². The first kappa shape index (κ1) is 17.1. The summed E-state index contributed by atoms with van der Waals surface area (Å²) in [5.41, 5.74) is 0. The molecule has 0 spiro atoms. The molecule has 0 aliphatic carbocycles. The van der Waals surface area contributed by atoms with E-state index in [9.17, 15) is 4.79 Å². The number of nitrogens with zero attached hydrogens (tertiary/aromatic N) is 2. The van der Waals surface area contributed by atoms with Crippen molar-refractivity contribution >= 4 is 33.1 Å². The molecule has 3 heterocycles. The zero-order valence-electron chi connectivity index (χ0n) is 14.4. The molecule has 2 saturated heterocycles. The van der Waals surface area contributed by atoms with E-state index in [1.165, 1.54) is 37.4 Å². The van der Waals surface area contributed by atoms with Crippen LogP contribution in [0.3, 0.4) is 0 Å². The van der Waals surface area contributed by atoms with Gasteiger partial charge in [-0.05, 0) is 55.7 Å².